The van der Waals surface area contributed by atoms with Crippen LogP contribution in [0, 0.1) is 10.1 Å². The van der Waals surface area contributed by atoms with Crippen LogP contribution < -0.4 is 0 Å². The summed E-state index contributed by atoms with van der Waals surface area (Å²) in [7, 11) is 0. The molecular formula is C19H24N4O4S. The molecule has 2 saturated heterocycles. The molecule has 4 atom stereocenters. The molecule has 28 heavy (non-hydrogen) atoms. The Morgan fingerprint density at radius 3 is 2.54 bits per heavy atom. The SMILES string of the molecule is CC(C)(C)OC=O.O=[N+]([O-])c1cnn(C(c2ccccc2)C2C3SCCN32)c1. The van der Waals surface area contributed by atoms with Crippen LogP contribution in [0.1, 0.15) is 32.4 Å². The summed E-state index contributed by atoms with van der Waals surface area (Å²) in [6, 6.07) is 10.5. The number of fused-ring (bicyclic) bond motifs is 1. The third kappa shape index (κ3) is 4.71. The van der Waals surface area contributed by atoms with E-state index in [0.717, 1.165) is 12.1 Å². The lowest BCUT2D eigenvalue weighted by molar-refractivity contribution is -0.385. The van der Waals surface area contributed by atoms with Gasteiger partial charge in [-0.1, -0.05) is 30.3 Å². The molecular weight excluding hydrogens is 380 g/mol. The van der Waals surface area contributed by atoms with Gasteiger partial charge in [0.25, 0.3) is 6.47 Å². The van der Waals surface area contributed by atoms with Crippen LogP contribution in [-0.2, 0) is 9.53 Å². The van der Waals surface area contributed by atoms with E-state index in [9.17, 15) is 14.9 Å². The summed E-state index contributed by atoms with van der Waals surface area (Å²) in [4.78, 5) is 22.5. The molecule has 150 valence electrons. The fourth-order valence-electron chi connectivity index (χ4n) is 3.23. The van der Waals surface area contributed by atoms with Gasteiger partial charge in [-0.15, -0.1) is 11.8 Å². The number of nitrogens with zero attached hydrogens (tertiary/aromatic N) is 4. The van der Waals surface area contributed by atoms with E-state index in [1.54, 1.807) is 4.68 Å². The summed E-state index contributed by atoms with van der Waals surface area (Å²) >= 11 is 1.96. The van der Waals surface area contributed by atoms with Crippen molar-refractivity contribution in [2.24, 2.45) is 0 Å². The fourth-order valence-corrected chi connectivity index (χ4v) is 4.66. The minimum Gasteiger partial charge on any atom is -0.462 e. The maximum atomic E-state index is 10.9. The summed E-state index contributed by atoms with van der Waals surface area (Å²) in [6.45, 7) is 7.01. The van der Waals surface area contributed by atoms with Gasteiger partial charge in [0.1, 0.15) is 18.0 Å². The largest absolute Gasteiger partial charge is 0.462 e. The van der Waals surface area contributed by atoms with Crippen LogP contribution in [0.5, 0.6) is 0 Å². The molecule has 0 radical (unpaired) electrons. The average Bonchev–Trinajstić information content (AvgIpc) is 3.03. The number of hydrogen-bond acceptors (Lipinski definition) is 7. The number of hydrogen-bond donors (Lipinski definition) is 0. The zero-order chi connectivity index (χ0) is 20.3. The van der Waals surface area contributed by atoms with E-state index in [1.165, 1.54) is 18.1 Å². The van der Waals surface area contributed by atoms with Gasteiger partial charge in [-0.3, -0.25) is 24.5 Å². The van der Waals surface area contributed by atoms with Gasteiger partial charge in [-0.05, 0) is 26.3 Å². The van der Waals surface area contributed by atoms with Crippen molar-refractivity contribution in [1.82, 2.24) is 14.7 Å². The van der Waals surface area contributed by atoms with Crippen LogP contribution >= 0.6 is 11.8 Å². The third-order valence-corrected chi connectivity index (χ3v) is 5.81. The van der Waals surface area contributed by atoms with Gasteiger partial charge in [-0.25, -0.2) is 0 Å². The molecule has 8 nitrogen and oxygen atoms in total. The Bertz CT molecular complexity index is 811. The molecule has 4 rings (SSSR count). The molecule has 1 aromatic heterocycles. The monoisotopic (exact) mass is 404 g/mol. The van der Waals surface area contributed by atoms with E-state index >= 15 is 0 Å². The minimum atomic E-state index is -0.395. The summed E-state index contributed by atoms with van der Waals surface area (Å²) < 4.78 is 6.30. The third-order valence-electron chi connectivity index (χ3n) is 4.50. The molecule has 2 aromatic rings. The normalized spacial score (nSPS) is 23.8. The highest BCUT2D eigenvalue weighted by Gasteiger charge is 2.56. The van der Waals surface area contributed by atoms with Crippen molar-refractivity contribution in [2.45, 2.75) is 43.8 Å². The number of carbonyl (C=O) groups is 1. The zero-order valence-corrected chi connectivity index (χ0v) is 16.9. The maximum absolute atomic E-state index is 10.9. The van der Waals surface area contributed by atoms with E-state index in [2.05, 4.69) is 26.9 Å². The molecule has 0 N–H and O–H groups in total. The Balaban J connectivity index is 0.000000279. The van der Waals surface area contributed by atoms with Crippen LogP contribution in [0.3, 0.4) is 0 Å². The second kappa shape index (κ2) is 8.32. The summed E-state index contributed by atoms with van der Waals surface area (Å²) in [5.74, 6) is 1.17. The minimum absolute atomic E-state index is 0.0395. The molecule has 9 heteroatoms. The van der Waals surface area contributed by atoms with Gasteiger partial charge >= 0.3 is 5.69 Å². The number of carbonyl (C=O) groups excluding carboxylic acids is 1. The lowest BCUT2D eigenvalue weighted by Gasteiger charge is -2.19. The molecule has 0 amide bonds. The second-order valence-corrected chi connectivity index (χ2v) is 8.83. The molecule has 0 saturated carbocycles. The highest BCUT2D eigenvalue weighted by Crippen LogP contribution is 2.49. The van der Waals surface area contributed by atoms with Crippen LogP contribution in [-0.4, -0.2) is 55.4 Å². The lowest BCUT2D eigenvalue weighted by atomic mass is 10.0. The molecule has 2 aliphatic rings. The highest BCUT2D eigenvalue weighted by molar-refractivity contribution is 8.00. The first-order valence-corrected chi connectivity index (χ1v) is 10.1. The Morgan fingerprint density at radius 2 is 2.07 bits per heavy atom. The van der Waals surface area contributed by atoms with Crippen molar-refractivity contribution in [2.75, 3.05) is 12.3 Å². The molecule has 0 aliphatic carbocycles. The number of thioether (sulfide) groups is 1. The lowest BCUT2D eigenvalue weighted by Crippen LogP contribution is -2.22. The first-order valence-electron chi connectivity index (χ1n) is 9.04. The van der Waals surface area contributed by atoms with Crippen molar-refractivity contribution < 1.29 is 14.5 Å². The molecule has 3 heterocycles. The molecule has 0 spiro atoms. The van der Waals surface area contributed by atoms with Gasteiger partial charge in [0.05, 0.1) is 22.4 Å². The highest BCUT2D eigenvalue weighted by atomic mass is 32.2. The standard InChI is InChI=1S/C14H14N4O2S.C5H10O2/c19-18(20)11-8-15-17(9-11)12(10-4-2-1-3-5-10)13-14-16(13)6-7-21-14;1-5(2,3)7-4-6/h1-5,8-9,12-14H,6-7H2;4H,1-3H3. The van der Waals surface area contributed by atoms with Crippen molar-refractivity contribution in [3.63, 3.8) is 0 Å². The number of benzene rings is 1. The number of rotatable bonds is 5. The van der Waals surface area contributed by atoms with Gasteiger partial charge in [0.15, 0.2) is 0 Å². The summed E-state index contributed by atoms with van der Waals surface area (Å²) in [5.41, 5.74) is 0.877. The van der Waals surface area contributed by atoms with E-state index in [0.29, 0.717) is 17.9 Å². The van der Waals surface area contributed by atoms with Gasteiger partial charge in [0.2, 0.25) is 0 Å². The maximum Gasteiger partial charge on any atom is 0.307 e. The van der Waals surface area contributed by atoms with Crippen LogP contribution in [0.15, 0.2) is 42.7 Å². The zero-order valence-electron chi connectivity index (χ0n) is 16.1. The summed E-state index contributed by atoms with van der Waals surface area (Å²) in [5, 5.41) is 15.7. The topological polar surface area (TPSA) is 90.3 Å². The molecule has 0 bridgehead atoms. The Kier molecular flexibility index (Phi) is 6.04. The average molecular weight is 404 g/mol. The number of ether oxygens (including phenoxy) is 1. The predicted molar refractivity (Wildman–Crippen MR) is 107 cm³/mol. The number of nitro groups is 1. The molecule has 4 unspecified atom stereocenters. The summed E-state index contributed by atoms with van der Waals surface area (Å²) in [6.07, 6.45) is 2.87. The van der Waals surface area contributed by atoms with Gasteiger partial charge in [0, 0.05) is 12.3 Å². The Labute approximate surface area is 168 Å². The first-order chi connectivity index (χ1) is 13.3. The fraction of sp³-hybridized carbons (Fsp3) is 0.474. The molecule has 2 fully saturated rings. The molecule has 1 aromatic carbocycles. The Morgan fingerprint density at radius 1 is 1.36 bits per heavy atom. The van der Waals surface area contributed by atoms with E-state index in [4.69, 9.17) is 0 Å². The van der Waals surface area contributed by atoms with Crippen molar-refractivity contribution in [3.8, 4) is 0 Å². The van der Waals surface area contributed by atoms with Gasteiger partial charge in [-0.2, -0.15) is 5.10 Å². The van der Waals surface area contributed by atoms with E-state index in [-0.39, 0.29) is 17.3 Å². The van der Waals surface area contributed by atoms with Crippen LogP contribution in [0.25, 0.3) is 0 Å². The first kappa shape index (κ1) is 20.3. The van der Waals surface area contributed by atoms with Gasteiger partial charge < -0.3 is 4.74 Å². The quantitative estimate of drug-likeness (QED) is 0.327. The smallest absolute Gasteiger partial charge is 0.307 e. The van der Waals surface area contributed by atoms with Crippen LogP contribution in [0.2, 0.25) is 0 Å². The van der Waals surface area contributed by atoms with E-state index < -0.39 is 4.92 Å². The van der Waals surface area contributed by atoms with Crippen molar-refractivity contribution in [3.05, 3.63) is 58.4 Å². The number of aromatic nitrogens is 2. The second-order valence-electron chi connectivity index (χ2n) is 7.61. The predicted octanol–water partition coefficient (Wildman–Crippen LogP) is 3.10. The van der Waals surface area contributed by atoms with Crippen LogP contribution in [0.4, 0.5) is 5.69 Å². The Hall–Kier alpha value is -2.39. The molecule has 2 aliphatic heterocycles. The van der Waals surface area contributed by atoms with Crippen molar-refractivity contribution in [1.29, 1.82) is 0 Å². The van der Waals surface area contributed by atoms with Crippen molar-refractivity contribution >= 4 is 23.9 Å². The van der Waals surface area contributed by atoms with E-state index in [1.807, 2.05) is 50.7 Å².